The molecule has 0 aliphatic carbocycles. The zero-order chi connectivity index (χ0) is 18.8. The van der Waals surface area contributed by atoms with Crippen LogP contribution in [0.4, 0.5) is 0 Å². The Kier molecular flexibility index (Phi) is 5.31. The fraction of sp³-hybridized carbons (Fsp3) is 0.375. The number of pyridine rings is 1. The quantitative estimate of drug-likeness (QED) is 0.488. The third kappa shape index (κ3) is 3.46. The highest BCUT2D eigenvalue weighted by atomic mass is 16.5. The van der Waals surface area contributed by atoms with E-state index >= 15 is 0 Å². The first-order valence-electron chi connectivity index (χ1n) is 9.60. The third-order valence-corrected chi connectivity index (χ3v) is 5.23. The van der Waals surface area contributed by atoms with Crippen LogP contribution in [0.3, 0.4) is 0 Å². The van der Waals surface area contributed by atoms with E-state index in [1.807, 2.05) is 6.92 Å². The Morgan fingerprint density at radius 3 is 2.15 bits per heavy atom. The second-order valence-electron chi connectivity index (χ2n) is 7.35. The summed E-state index contributed by atoms with van der Waals surface area (Å²) in [4.78, 5) is 4.73. The molecule has 3 aromatic rings. The predicted octanol–water partition coefficient (Wildman–Crippen LogP) is 7.16. The van der Waals surface area contributed by atoms with Crippen molar-refractivity contribution in [1.29, 1.82) is 0 Å². The molecule has 26 heavy (non-hydrogen) atoms. The lowest BCUT2D eigenvalue weighted by Gasteiger charge is -2.18. The molecule has 136 valence electrons. The zero-order valence-electron chi connectivity index (χ0n) is 16.8. The smallest absolute Gasteiger partial charge is 0.227 e. The Labute approximate surface area is 157 Å². The maximum atomic E-state index is 6.38. The molecule has 0 unspecified atom stereocenters. The predicted molar refractivity (Wildman–Crippen MR) is 111 cm³/mol. The van der Waals surface area contributed by atoms with Gasteiger partial charge < -0.3 is 4.74 Å². The summed E-state index contributed by atoms with van der Waals surface area (Å²) in [6.07, 6.45) is 2.28. The number of hydrogen-bond acceptors (Lipinski definition) is 2. The van der Waals surface area contributed by atoms with Crippen molar-refractivity contribution in [2.75, 3.05) is 0 Å². The maximum Gasteiger partial charge on any atom is 0.227 e. The first-order valence-corrected chi connectivity index (χ1v) is 9.60. The van der Waals surface area contributed by atoms with Gasteiger partial charge in [0.05, 0.1) is 0 Å². The van der Waals surface area contributed by atoms with Gasteiger partial charge in [0.15, 0.2) is 0 Å². The van der Waals surface area contributed by atoms with Crippen LogP contribution in [0.1, 0.15) is 60.6 Å². The van der Waals surface area contributed by atoms with Gasteiger partial charge in [-0.25, -0.2) is 4.98 Å². The summed E-state index contributed by atoms with van der Waals surface area (Å²) in [7, 11) is 0. The lowest BCUT2D eigenvalue weighted by atomic mass is 9.90. The number of rotatable bonds is 5. The van der Waals surface area contributed by atoms with Crippen LogP contribution in [0.25, 0.3) is 10.8 Å². The standard InChI is InChI=1S/C24H29NO/c1-7-19(8-2)20-10-9-11-21-22(20)14-18(6)25-24(21)26-23-16(4)12-15(3)13-17(23)5/h9-14,19H,7-8H2,1-6H3. The molecule has 0 bridgehead atoms. The number of fused-ring (bicyclic) bond motifs is 1. The normalized spacial score (nSPS) is 11.3. The molecule has 2 nitrogen and oxygen atoms in total. The number of benzene rings is 2. The summed E-state index contributed by atoms with van der Waals surface area (Å²) in [5, 5.41) is 2.37. The van der Waals surface area contributed by atoms with E-state index in [-0.39, 0.29) is 0 Å². The first-order chi connectivity index (χ1) is 12.4. The molecule has 2 heteroatoms. The van der Waals surface area contributed by atoms with E-state index < -0.39 is 0 Å². The molecule has 0 N–H and O–H groups in total. The number of nitrogens with zero attached hydrogens (tertiary/aromatic N) is 1. The molecule has 0 aliphatic heterocycles. The summed E-state index contributed by atoms with van der Waals surface area (Å²) in [5.74, 6) is 2.20. The fourth-order valence-corrected chi connectivity index (χ4v) is 3.98. The summed E-state index contributed by atoms with van der Waals surface area (Å²) in [6, 6.07) is 13.0. The topological polar surface area (TPSA) is 22.1 Å². The number of aryl methyl sites for hydroxylation is 4. The zero-order valence-corrected chi connectivity index (χ0v) is 16.8. The molecule has 1 heterocycles. The van der Waals surface area contributed by atoms with Gasteiger partial charge in [-0.2, -0.15) is 0 Å². The Bertz CT molecular complexity index is 915. The van der Waals surface area contributed by atoms with Gasteiger partial charge in [-0.3, -0.25) is 0 Å². The van der Waals surface area contributed by atoms with E-state index in [0.29, 0.717) is 11.8 Å². The molecule has 0 fully saturated rings. The van der Waals surface area contributed by atoms with Crippen molar-refractivity contribution >= 4 is 10.8 Å². The van der Waals surface area contributed by atoms with Crippen molar-refractivity contribution in [1.82, 2.24) is 4.98 Å². The van der Waals surface area contributed by atoms with Crippen LogP contribution in [0, 0.1) is 27.7 Å². The Balaban J connectivity index is 2.17. The molecule has 0 atom stereocenters. The lowest BCUT2D eigenvalue weighted by Crippen LogP contribution is -2.00. The summed E-state index contributed by atoms with van der Waals surface area (Å²) < 4.78 is 6.38. The van der Waals surface area contributed by atoms with Crippen LogP contribution in [-0.2, 0) is 0 Å². The monoisotopic (exact) mass is 347 g/mol. The Morgan fingerprint density at radius 2 is 1.54 bits per heavy atom. The van der Waals surface area contributed by atoms with E-state index in [9.17, 15) is 0 Å². The molecule has 0 radical (unpaired) electrons. The van der Waals surface area contributed by atoms with Gasteiger partial charge in [0.1, 0.15) is 5.75 Å². The summed E-state index contributed by atoms with van der Waals surface area (Å²) in [5.41, 5.74) is 5.95. The highest BCUT2D eigenvalue weighted by Crippen LogP contribution is 2.37. The second kappa shape index (κ2) is 7.49. The number of ether oxygens (including phenoxy) is 1. The lowest BCUT2D eigenvalue weighted by molar-refractivity contribution is 0.460. The van der Waals surface area contributed by atoms with E-state index in [1.165, 1.54) is 16.5 Å². The van der Waals surface area contributed by atoms with Crippen molar-refractivity contribution in [3.05, 3.63) is 64.3 Å². The molecule has 0 saturated heterocycles. The van der Waals surface area contributed by atoms with Crippen molar-refractivity contribution in [2.24, 2.45) is 0 Å². The van der Waals surface area contributed by atoms with E-state index in [2.05, 4.69) is 71.0 Å². The van der Waals surface area contributed by atoms with Crippen LogP contribution in [-0.4, -0.2) is 4.98 Å². The average Bonchev–Trinajstić information content (AvgIpc) is 2.59. The van der Waals surface area contributed by atoms with Gasteiger partial charge in [-0.1, -0.05) is 43.7 Å². The Morgan fingerprint density at radius 1 is 0.885 bits per heavy atom. The summed E-state index contributed by atoms with van der Waals surface area (Å²) in [6.45, 7) is 12.9. The minimum Gasteiger partial charge on any atom is -0.438 e. The van der Waals surface area contributed by atoms with Crippen LogP contribution in [0.5, 0.6) is 11.6 Å². The maximum absolute atomic E-state index is 6.38. The van der Waals surface area contributed by atoms with Crippen molar-refractivity contribution in [3.8, 4) is 11.6 Å². The molecule has 2 aromatic carbocycles. The third-order valence-electron chi connectivity index (χ3n) is 5.23. The SMILES string of the molecule is CCC(CC)c1cccc2c(Oc3c(C)cc(C)cc3C)nc(C)cc12. The van der Waals surface area contributed by atoms with Gasteiger partial charge in [0.25, 0.3) is 0 Å². The second-order valence-corrected chi connectivity index (χ2v) is 7.35. The van der Waals surface area contributed by atoms with Crippen molar-refractivity contribution < 1.29 is 4.74 Å². The van der Waals surface area contributed by atoms with Gasteiger partial charge in [-0.05, 0) is 80.7 Å². The number of hydrogen-bond donors (Lipinski definition) is 0. The van der Waals surface area contributed by atoms with Crippen LogP contribution in [0.2, 0.25) is 0 Å². The highest BCUT2D eigenvalue weighted by molar-refractivity contribution is 5.90. The Hall–Kier alpha value is -2.35. The average molecular weight is 348 g/mol. The van der Waals surface area contributed by atoms with E-state index in [0.717, 1.165) is 40.8 Å². The summed E-state index contributed by atoms with van der Waals surface area (Å²) >= 11 is 0. The molecular weight excluding hydrogens is 318 g/mol. The molecule has 0 saturated carbocycles. The molecular formula is C24H29NO. The van der Waals surface area contributed by atoms with Crippen LogP contribution < -0.4 is 4.74 Å². The fourth-order valence-electron chi connectivity index (χ4n) is 3.98. The molecule has 0 aliphatic rings. The van der Waals surface area contributed by atoms with E-state index in [4.69, 9.17) is 9.72 Å². The molecule has 1 aromatic heterocycles. The van der Waals surface area contributed by atoms with Gasteiger partial charge in [0, 0.05) is 11.1 Å². The minimum atomic E-state index is 0.566. The number of aromatic nitrogens is 1. The van der Waals surface area contributed by atoms with Crippen LogP contribution in [0.15, 0.2) is 36.4 Å². The molecule has 0 amide bonds. The van der Waals surface area contributed by atoms with Gasteiger partial charge in [0.2, 0.25) is 5.88 Å². The van der Waals surface area contributed by atoms with Crippen molar-refractivity contribution in [3.63, 3.8) is 0 Å². The highest BCUT2D eigenvalue weighted by Gasteiger charge is 2.16. The van der Waals surface area contributed by atoms with Crippen molar-refractivity contribution in [2.45, 2.75) is 60.3 Å². The minimum absolute atomic E-state index is 0.566. The molecule has 0 spiro atoms. The van der Waals surface area contributed by atoms with Gasteiger partial charge in [-0.15, -0.1) is 0 Å². The molecule has 3 rings (SSSR count). The van der Waals surface area contributed by atoms with Gasteiger partial charge >= 0.3 is 0 Å². The van der Waals surface area contributed by atoms with Crippen LogP contribution >= 0.6 is 0 Å². The first kappa shape index (κ1) is 18.4. The van der Waals surface area contributed by atoms with E-state index in [1.54, 1.807) is 0 Å². The largest absolute Gasteiger partial charge is 0.438 e.